The van der Waals surface area contributed by atoms with Crippen LogP contribution in [0.3, 0.4) is 0 Å². The van der Waals surface area contributed by atoms with Gasteiger partial charge in [0.1, 0.15) is 0 Å². The molecular formula is C23H34N2O2. The zero-order valence-electron chi connectivity index (χ0n) is 16.5. The molecule has 1 unspecified atom stereocenters. The molecule has 148 valence electrons. The van der Waals surface area contributed by atoms with E-state index in [2.05, 4.69) is 34.5 Å². The molecule has 1 aromatic rings. The smallest absolute Gasteiger partial charge is 0.0946 e. The fourth-order valence-corrected chi connectivity index (χ4v) is 5.66. The quantitative estimate of drug-likeness (QED) is 0.884. The van der Waals surface area contributed by atoms with E-state index in [1.165, 1.54) is 51.6 Å². The average Bonchev–Trinajstić information content (AvgIpc) is 3.16. The van der Waals surface area contributed by atoms with E-state index in [9.17, 15) is 0 Å². The minimum atomic E-state index is 0.178. The molecule has 0 aliphatic carbocycles. The monoisotopic (exact) mass is 370 g/mol. The van der Waals surface area contributed by atoms with Crippen LogP contribution in [0.1, 0.15) is 49.1 Å². The summed E-state index contributed by atoms with van der Waals surface area (Å²) in [6, 6.07) is 9.91. The van der Waals surface area contributed by atoms with E-state index in [1.807, 2.05) is 0 Å². The number of hydrogen-bond donors (Lipinski definition) is 1. The molecule has 1 spiro atoms. The fraction of sp³-hybridized carbons (Fsp3) is 0.739. The Morgan fingerprint density at radius 3 is 2.52 bits per heavy atom. The van der Waals surface area contributed by atoms with E-state index in [0.29, 0.717) is 6.04 Å². The zero-order chi connectivity index (χ0) is 18.1. The van der Waals surface area contributed by atoms with Gasteiger partial charge in [-0.1, -0.05) is 24.3 Å². The number of rotatable bonds is 4. The van der Waals surface area contributed by atoms with E-state index >= 15 is 0 Å². The maximum atomic E-state index is 6.14. The molecule has 1 aromatic carbocycles. The van der Waals surface area contributed by atoms with Gasteiger partial charge in [-0.2, -0.15) is 0 Å². The highest BCUT2D eigenvalue weighted by Crippen LogP contribution is 2.37. The molecule has 4 nitrogen and oxygen atoms in total. The van der Waals surface area contributed by atoms with Crippen LogP contribution in [0.4, 0.5) is 0 Å². The maximum absolute atomic E-state index is 6.14. The SMILES string of the molecule is c1ccc(C2CCN(C3COC4(CNC4)C3)CC2)c(CC2CCOCC2)c1. The van der Waals surface area contributed by atoms with Crippen LogP contribution < -0.4 is 5.32 Å². The van der Waals surface area contributed by atoms with E-state index < -0.39 is 0 Å². The molecule has 1 atom stereocenters. The Kier molecular flexibility index (Phi) is 5.25. The number of hydrogen-bond acceptors (Lipinski definition) is 4. The van der Waals surface area contributed by atoms with Crippen molar-refractivity contribution in [3.8, 4) is 0 Å². The number of piperidine rings is 1. The second kappa shape index (κ2) is 7.82. The summed E-state index contributed by atoms with van der Waals surface area (Å²) >= 11 is 0. The van der Waals surface area contributed by atoms with E-state index in [1.54, 1.807) is 11.1 Å². The summed E-state index contributed by atoms with van der Waals surface area (Å²) in [6.07, 6.45) is 7.52. The molecule has 0 amide bonds. The van der Waals surface area contributed by atoms with Gasteiger partial charge in [0.2, 0.25) is 0 Å². The summed E-state index contributed by atoms with van der Waals surface area (Å²) in [6.45, 7) is 7.41. The Hall–Kier alpha value is -0.940. The van der Waals surface area contributed by atoms with Gasteiger partial charge in [-0.3, -0.25) is 4.90 Å². The van der Waals surface area contributed by atoms with E-state index in [-0.39, 0.29) is 5.60 Å². The minimum absolute atomic E-state index is 0.178. The lowest BCUT2D eigenvalue weighted by molar-refractivity contribution is -0.0367. The molecule has 4 fully saturated rings. The Labute approximate surface area is 163 Å². The van der Waals surface area contributed by atoms with Gasteiger partial charge in [0.25, 0.3) is 0 Å². The zero-order valence-corrected chi connectivity index (χ0v) is 16.5. The molecule has 4 heteroatoms. The first-order chi connectivity index (χ1) is 13.3. The van der Waals surface area contributed by atoms with Gasteiger partial charge < -0.3 is 14.8 Å². The Morgan fingerprint density at radius 1 is 1.04 bits per heavy atom. The van der Waals surface area contributed by atoms with Gasteiger partial charge in [0.15, 0.2) is 0 Å². The van der Waals surface area contributed by atoms with Gasteiger partial charge in [0.05, 0.1) is 12.2 Å². The molecule has 27 heavy (non-hydrogen) atoms. The van der Waals surface area contributed by atoms with Crippen molar-refractivity contribution >= 4 is 0 Å². The highest BCUT2D eigenvalue weighted by Gasteiger charge is 2.47. The molecular weight excluding hydrogens is 336 g/mol. The summed E-state index contributed by atoms with van der Waals surface area (Å²) in [5, 5.41) is 3.38. The predicted molar refractivity (Wildman–Crippen MR) is 107 cm³/mol. The normalized spacial score (nSPS) is 29.9. The lowest BCUT2D eigenvalue weighted by atomic mass is 9.82. The standard InChI is InChI=1S/C23H34N2O2/c1-2-4-22(20(3-1)13-18-7-11-26-12-8-18)19-5-9-25(10-6-19)21-14-23(27-15-21)16-24-17-23/h1-4,18-19,21,24H,5-17H2. The van der Waals surface area contributed by atoms with Crippen molar-refractivity contribution in [3.05, 3.63) is 35.4 Å². The molecule has 0 radical (unpaired) electrons. The third-order valence-corrected chi connectivity index (χ3v) is 7.47. The minimum Gasteiger partial charge on any atom is -0.381 e. The van der Waals surface area contributed by atoms with E-state index in [0.717, 1.165) is 44.7 Å². The van der Waals surface area contributed by atoms with Crippen LogP contribution in [0.25, 0.3) is 0 Å². The summed E-state index contributed by atoms with van der Waals surface area (Å²) < 4.78 is 11.7. The topological polar surface area (TPSA) is 33.7 Å². The maximum Gasteiger partial charge on any atom is 0.0946 e. The highest BCUT2D eigenvalue weighted by atomic mass is 16.5. The predicted octanol–water partition coefficient (Wildman–Crippen LogP) is 2.97. The summed E-state index contributed by atoms with van der Waals surface area (Å²) in [4.78, 5) is 2.71. The molecule has 1 N–H and O–H groups in total. The van der Waals surface area contributed by atoms with Gasteiger partial charge >= 0.3 is 0 Å². The number of nitrogens with one attached hydrogen (secondary N) is 1. The van der Waals surface area contributed by atoms with Gasteiger partial charge in [-0.15, -0.1) is 0 Å². The van der Waals surface area contributed by atoms with Crippen LogP contribution in [0, 0.1) is 5.92 Å². The average molecular weight is 371 g/mol. The Bertz CT molecular complexity index is 631. The lowest BCUT2D eigenvalue weighted by Gasteiger charge is -2.40. The molecule has 0 saturated carbocycles. The second-order valence-electron chi connectivity index (χ2n) is 9.22. The van der Waals surface area contributed by atoms with Crippen molar-refractivity contribution in [1.82, 2.24) is 10.2 Å². The molecule has 0 aromatic heterocycles. The fourth-order valence-electron chi connectivity index (χ4n) is 5.66. The molecule has 4 aliphatic rings. The first-order valence-electron chi connectivity index (χ1n) is 11.1. The number of benzene rings is 1. The third-order valence-electron chi connectivity index (χ3n) is 7.47. The van der Waals surface area contributed by atoms with Crippen LogP contribution >= 0.6 is 0 Å². The van der Waals surface area contributed by atoms with E-state index in [4.69, 9.17) is 9.47 Å². The van der Waals surface area contributed by atoms with Crippen LogP contribution in [0.2, 0.25) is 0 Å². The van der Waals surface area contributed by atoms with Crippen molar-refractivity contribution in [2.24, 2.45) is 5.92 Å². The first kappa shape index (κ1) is 18.1. The van der Waals surface area contributed by atoms with Crippen LogP contribution in [0.15, 0.2) is 24.3 Å². The van der Waals surface area contributed by atoms with Crippen molar-refractivity contribution in [2.45, 2.75) is 56.1 Å². The largest absolute Gasteiger partial charge is 0.381 e. The molecule has 5 rings (SSSR count). The van der Waals surface area contributed by atoms with Crippen molar-refractivity contribution in [3.63, 3.8) is 0 Å². The molecule has 4 aliphatic heterocycles. The van der Waals surface area contributed by atoms with Gasteiger partial charge in [0, 0.05) is 32.3 Å². The molecule has 4 saturated heterocycles. The lowest BCUT2D eigenvalue weighted by Crippen LogP contribution is -2.59. The van der Waals surface area contributed by atoms with Gasteiger partial charge in [-0.25, -0.2) is 0 Å². The third kappa shape index (κ3) is 3.82. The second-order valence-corrected chi connectivity index (χ2v) is 9.22. The Morgan fingerprint density at radius 2 is 1.81 bits per heavy atom. The number of ether oxygens (including phenoxy) is 2. The molecule has 4 heterocycles. The summed E-state index contributed by atoms with van der Waals surface area (Å²) in [5.74, 6) is 1.54. The molecule has 0 bridgehead atoms. The Balaban J connectivity index is 1.19. The van der Waals surface area contributed by atoms with Crippen LogP contribution in [0.5, 0.6) is 0 Å². The number of nitrogens with zero attached hydrogens (tertiary/aromatic N) is 1. The van der Waals surface area contributed by atoms with Crippen LogP contribution in [-0.2, 0) is 15.9 Å². The number of likely N-dealkylation sites (tertiary alicyclic amines) is 1. The summed E-state index contributed by atoms with van der Waals surface area (Å²) in [5.41, 5.74) is 3.41. The van der Waals surface area contributed by atoms with Crippen molar-refractivity contribution < 1.29 is 9.47 Å². The summed E-state index contributed by atoms with van der Waals surface area (Å²) in [7, 11) is 0. The van der Waals surface area contributed by atoms with Gasteiger partial charge in [-0.05, 0) is 74.6 Å². The first-order valence-corrected chi connectivity index (χ1v) is 11.1. The van der Waals surface area contributed by atoms with Crippen LogP contribution in [-0.4, -0.2) is 62.5 Å². The highest BCUT2D eigenvalue weighted by molar-refractivity contribution is 5.31. The van der Waals surface area contributed by atoms with Crippen molar-refractivity contribution in [1.29, 1.82) is 0 Å². The van der Waals surface area contributed by atoms with Crippen molar-refractivity contribution in [2.75, 3.05) is 46.0 Å².